The Labute approximate surface area is 126 Å². The molecule has 0 bridgehead atoms. The summed E-state index contributed by atoms with van der Waals surface area (Å²) in [5.41, 5.74) is -0.0633. The summed E-state index contributed by atoms with van der Waals surface area (Å²) in [5.74, 6) is -0.393. The maximum absolute atomic E-state index is 12.7. The molecule has 0 unspecified atom stereocenters. The van der Waals surface area contributed by atoms with Crippen molar-refractivity contribution in [3.63, 3.8) is 0 Å². The molecule has 2 aliphatic rings. The summed E-state index contributed by atoms with van der Waals surface area (Å²) >= 11 is 0. The van der Waals surface area contributed by atoms with Gasteiger partial charge in [0.05, 0.1) is 18.2 Å². The first kappa shape index (κ1) is 15.3. The summed E-state index contributed by atoms with van der Waals surface area (Å²) in [6.07, 6.45) is -1.91. The van der Waals surface area contributed by atoms with Gasteiger partial charge in [0.25, 0.3) is 0 Å². The molecule has 0 radical (unpaired) electrons. The van der Waals surface area contributed by atoms with Crippen LogP contribution in [0.1, 0.15) is 36.3 Å². The van der Waals surface area contributed by atoms with E-state index in [2.05, 4.69) is 5.32 Å². The normalized spacial score (nSPS) is 28.2. The molecule has 1 aromatic carbocycles. The Hall–Kier alpha value is -1.56. The van der Waals surface area contributed by atoms with Gasteiger partial charge >= 0.3 is 6.18 Å². The fourth-order valence-electron chi connectivity index (χ4n) is 2.96. The number of carbonyl (C=O) groups is 1. The number of hydrogen-bond donors (Lipinski definition) is 1. The summed E-state index contributed by atoms with van der Waals surface area (Å²) in [4.78, 5) is 12.2. The SMILES string of the molecule is O=C(N[C@@H]1CCCOC1)[C@H]1C[C@@H]1c1cccc(C(F)(F)F)c1. The molecule has 120 valence electrons. The Balaban J connectivity index is 1.60. The summed E-state index contributed by atoms with van der Waals surface area (Å²) in [6.45, 7) is 1.25. The third kappa shape index (κ3) is 3.43. The van der Waals surface area contributed by atoms with Crippen molar-refractivity contribution in [2.24, 2.45) is 5.92 Å². The first-order chi connectivity index (χ1) is 10.4. The maximum Gasteiger partial charge on any atom is 0.416 e. The number of benzene rings is 1. The van der Waals surface area contributed by atoms with Crippen LogP contribution in [0.4, 0.5) is 13.2 Å². The van der Waals surface area contributed by atoms with Crippen molar-refractivity contribution in [1.82, 2.24) is 5.32 Å². The van der Waals surface area contributed by atoms with E-state index in [1.165, 1.54) is 6.07 Å². The molecule has 3 nitrogen and oxygen atoms in total. The van der Waals surface area contributed by atoms with Gasteiger partial charge in [-0.05, 0) is 36.8 Å². The van der Waals surface area contributed by atoms with Gasteiger partial charge in [0, 0.05) is 12.5 Å². The molecule has 1 saturated heterocycles. The van der Waals surface area contributed by atoms with Gasteiger partial charge in [0.2, 0.25) is 5.91 Å². The average molecular weight is 313 g/mol. The highest BCUT2D eigenvalue weighted by Crippen LogP contribution is 2.48. The lowest BCUT2D eigenvalue weighted by Crippen LogP contribution is -2.41. The first-order valence-electron chi connectivity index (χ1n) is 7.50. The van der Waals surface area contributed by atoms with Gasteiger partial charge in [-0.1, -0.05) is 18.2 Å². The number of ether oxygens (including phenoxy) is 1. The summed E-state index contributed by atoms with van der Waals surface area (Å²) in [7, 11) is 0. The third-order valence-electron chi connectivity index (χ3n) is 4.28. The van der Waals surface area contributed by atoms with Gasteiger partial charge in [0.1, 0.15) is 0 Å². The predicted octanol–water partition coefficient (Wildman–Crippen LogP) is 3.10. The quantitative estimate of drug-likeness (QED) is 0.931. The number of hydrogen-bond acceptors (Lipinski definition) is 2. The molecule has 3 atom stereocenters. The van der Waals surface area contributed by atoms with E-state index < -0.39 is 11.7 Å². The van der Waals surface area contributed by atoms with E-state index in [9.17, 15) is 18.0 Å². The molecule has 2 fully saturated rings. The zero-order valence-corrected chi connectivity index (χ0v) is 12.0. The number of nitrogens with one attached hydrogen (secondary N) is 1. The smallest absolute Gasteiger partial charge is 0.379 e. The van der Waals surface area contributed by atoms with Crippen LogP contribution in [0.15, 0.2) is 24.3 Å². The number of rotatable bonds is 3. The predicted molar refractivity (Wildman–Crippen MR) is 74.3 cm³/mol. The lowest BCUT2D eigenvalue weighted by molar-refractivity contribution is -0.137. The van der Waals surface area contributed by atoms with Gasteiger partial charge in [-0.3, -0.25) is 4.79 Å². The van der Waals surface area contributed by atoms with E-state index in [0.717, 1.165) is 31.6 Å². The molecule has 6 heteroatoms. The van der Waals surface area contributed by atoms with E-state index in [4.69, 9.17) is 4.74 Å². The molecule has 0 aromatic heterocycles. The van der Waals surface area contributed by atoms with Gasteiger partial charge in [-0.2, -0.15) is 13.2 Å². The Morgan fingerprint density at radius 2 is 2.14 bits per heavy atom. The largest absolute Gasteiger partial charge is 0.416 e. The van der Waals surface area contributed by atoms with Crippen LogP contribution in [0, 0.1) is 5.92 Å². The van der Waals surface area contributed by atoms with E-state index in [1.807, 2.05) is 0 Å². The van der Waals surface area contributed by atoms with Gasteiger partial charge < -0.3 is 10.1 Å². The molecule has 0 spiro atoms. The molecular weight excluding hydrogens is 295 g/mol. The molecule has 3 rings (SSSR count). The minimum atomic E-state index is -4.35. The number of amides is 1. The zero-order chi connectivity index (χ0) is 15.7. The second-order valence-electron chi connectivity index (χ2n) is 5.99. The second-order valence-corrected chi connectivity index (χ2v) is 5.99. The summed E-state index contributed by atoms with van der Waals surface area (Å²) < 4.78 is 43.5. The number of halogens is 3. The van der Waals surface area contributed by atoms with E-state index >= 15 is 0 Å². The van der Waals surface area contributed by atoms with Crippen molar-refractivity contribution in [2.75, 3.05) is 13.2 Å². The zero-order valence-electron chi connectivity index (χ0n) is 12.0. The van der Waals surface area contributed by atoms with Crippen LogP contribution in [0.3, 0.4) is 0 Å². The Morgan fingerprint density at radius 1 is 1.32 bits per heavy atom. The van der Waals surface area contributed by atoms with Crippen molar-refractivity contribution in [2.45, 2.75) is 37.4 Å². The highest BCUT2D eigenvalue weighted by Gasteiger charge is 2.45. The van der Waals surface area contributed by atoms with E-state index in [0.29, 0.717) is 18.6 Å². The summed E-state index contributed by atoms with van der Waals surface area (Å²) in [6, 6.07) is 5.31. The Morgan fingerprint density at radius 3 is 2.82 bits per heavy atom. The molecule has 1 aliphatic heterocycles. The van der Waals surface area contributed by atoms with Crippen LogP contribution in [0.5, 0.6) is 0 Å². The van der Waals surface area contributed by atoms with Gasteiger partial charge in [-0.25, -0.2) is 0 Å². The maximum atomic E-state index is 12.7. The van der Waals surface area contributed by atoms with Crippen molar-refractivity contribution >= 4 is 5.91 Å². The first-order valence-corrected chi connectivity index (χ1v) is 7.50. The fourth-order valence-corrected chi connectivity index (χ4v) is 2.96. The monoisotopic (exact) mass is 313 g/mol. The standard InChI is InChI=1S/C16H18F3NO2/c17-16(18,19)11-4-1-3-10(7-11)13-8-14(13)15(21)20-12-5-2-6-22-9-12/h1,3-4,7,12-14H,2,5-6,8-9H2,(H,20,21)/t12-,13-,14+/m1/s1. The van der Waals surface area contributed by atoms with Crippen molar-refractivity contribution in [3.05, 3.63) is 35.4 Å². The lowest BCUT2D eigenvalue weighted by atomic mass is 10.0. The fraction of sp³-hybridized carbons (Fsp3) is 0.562. The van der Waals surface area contributed by atoms with Gasteiger partial charge in [-0.15, -0.1) is 0 Å². The van der Waals surface area contributed by atoms with E-state index in [1.54, 1.807) is 6.07 Å². The van der Waals surface area contributed by atoms with Crippen LogP contribution >= 0.6 is 0 Å². The minimum absolute atomic E-state index is 0.0315. The van der Waals surface area contributed by atoms with Crippen LogP contribution < -0.4 is 5.32 Å². The van der Waals surface area contributed by atoms with Crippen molar-refractivity contribution in [1.29, 1.82) is 0 Å². The Bertz CT molecular complexity index is 553. The third-order valence-corrected chi connectivity index (χ3v) is 4.28. The highest BCUT2D eigenvalue weighted by molar-refractivity contribution is 5.83. The van der Waals surface area contributed by atoms with Crippen molar-refractivity contribution in [3.8, 4) is 0 Å². The second kappa shape index (κ2) is 5.91. The van der Waals surface area contributed by atoms with Crippen LogP contribution in [0.25, 0.3) is 0 Å². The highest BCUT2D eigenvalue weighted by atomic mass is 19.4. The number of carbonyl (C=O) groups excluding carboxylic acids is 1. The molecule has 1 amide bonds. The molecule has 1 aliphatic carbocycles. The number of alkyl halides is 3. The average Bonchev–Trinajstić information content (AvgIpc) is 3.28. The van der Waals surface area contributed by atoms with E-state index in [-0.39, 0.29) is 23.8 Å². The van der Waals surface area contributed by atoms with Crippen LogP contribution in [-0.2, 0) is 15.7 Å². The topological polar surface area (TPSA) is 38.3 Å². The summed E-state index contributed by atoms with van der Waals surface area (Å²) in [5, 5.41) is 2.94. The molecular formula is C16H18F3NO2. The van der Waals surface area contributed by atoms with Crippen LogP contribution in [-0.4, -0.2) is 25.2 Å². The molecule has 22 heavy (non-hydrogen) atoms. The minimum Gasteiger partial charge on any atom is -0.379 e. The molecule has 1 saturated carbocycles. The molecule has 1 aromatic rings. The molecule has 1 N–H and O–H groups in total. The van der Waals surface area contributed by atoms with Crippen LogP contribution in [0.2, 0.25) is 0 Å². The molecule has 1 heterocycles. The van der Waals surface area contributed by atoms with Crippen molar-refractivity contribution < 1.29 is 22.7 Å². The van der Waals surface area contributed by atoms with Gasteiger partial charge in [0.15, 0.2) is 0 Å². The Kier molecular flexibility index (Phi) is 4.12. The lowest BCUT2D eigenvalue weighted by Gasteiger charge is -2.23.